The second kappa shape index (κ2) is 11.5. The number of amidine groups is 1. The highest BCUT2D eigenvalue weighted by Gasteiger charge is 2.31. The zero-order chi connectivity index (χ0) is 23.8. The molecule has 1 fully saturated rings. The summed E-state index contributed by atoms with van der Waals surface area (Å²) >= 11 is 0. The van der Waals surface area contributed by atoms with Crippen LogP contribution in [0.15, 0.2) is 48.1 Å². The average molecular weight is 451 g/mol. The van der Waals surface area contributed by atoms with Gasteiger partial charge in [0.05, 0.1) is 5.54 Å². The third kappa shape index (κ3) is 7.76. The van der Waals surface area contributed by atoms with Gasteiger partial charge >= 0.3 is 6.03 Å². The summed E-state index contributed by atoms with van der Waals surface area (Å²) in [5.74, 6) is 1.63. The number of carbonyl (C=O) groups excluding carboxylic acids is 1. The number of benzene rings is 1. The van der Waals surface area contributed by atoms with E-state index in [9.17, 15) is 4.79 Å². The number of carbonyl (C=O) groups is 1. The molecule has 3 rings (SSSR count). The van der Waals surface area contributed by atoms with Crippen molar-refractivity contribution in [2.24, 2.45) is 11.8 Å². The summed E-state index contributed by atoms with van der Waals surface area (Å²) < 4.78 is 0. The van der Waals surface area contributed by atoms with Crippen LogP contribution in [0.3, 0.4) is 0 Å². The zero-order valence-corrected chi connectivity index (χ0v) is 20.7. The maximum atomic E-state index is 12.1. The van der Waals surface area contributed by atoms with Crippen molar-refractivity contribution in [1.29, 1.82) is 5.41 Å². The summed E-state index contributed by atoms with van der Waals surface area (Å²) in [5, 5.41) is 17.8. The van der Waals surface area contributed by atoms with E-state index in [1.165, 1.54) is 43.2 Å². The molecule has 1 atom stereocenters. The molecule has 1 aliphatic heterocycles. The maximum Gasteiger partial charge on any atom is 0.315 e. The first-order chi connectivity index (χ1) is 15.7. The van der Waals surface area contributed by atoms with E-state index in [1.807, 2.05) is 6.08 Å². The van der Waals surface area contributed by atoms with Crippen molar-refractivity contribution in [2.45, 2.75) is 84.2 Å². The molecular formula is C28H42N4O. The molecule has 180 valence electrons. The molecule has 2 amide bonds. The molecule has 0 radical (unpaired) electrons. The van der Waals surface area contributed by atoms with E-state index in [1.54, 1.807) is 0 Å². The number of allylic oxidation sites excluding steroid dienone is 1. The van der Waals surface area contributed by atoms with Crippen molar-refractivity contribution >= 4 is 11.9 Å². The molecule has 1 aromatic rings. The number of hydrogen-bond acceptors (Lipinski definition) is 2. The number of urea groups is 1. The number of hydrogen-bond donors (Lipinski definition) is 4. The molecule has 1 aromatic carbocycles. The highest BCUT2D eigenvalue weighted by molar-refractivity contribution is 5.92. The van der Waals surface area contributed by atoms with Crippen molar-refractivity contribution in [3.63, 3.8) is 0 Å². The van der Waals surface area contributed by atoms with Gasteiger partial charge in [0, 0.05) is 13.1 Å². The molecule has 5 heteroatoms. The van der Waals surface area contributed by atoms with E-state index >= 15 is 0 Å². The van der Waals surface area contributed by atoms with E-state index in [0.717, 1.165) is 36.9 Å². The minimum Gasteiger partial charge on any atom is -0.362 e. The Morgan fingerprint density at radius 2 is 1.82 bits per heavy atom. The largest absolute Gasteiger partial charge is 0.362 e. The molecule has 1 unspecified atom stereocenters. The Balaban J connectivity index is 1.48. The molecule has 0 saturated heterocycles. The quantitative estimate of drug-likeness (QED) is 0.374. The third-order valence-electron chi connectivity index (χ3n) is 6.98. The van der Waals surface area contributed by atoms with Gasteiger partial charge in [0.15, 0.2) is 0 Å². The van der Waals surface area contributed by atoms with Crippen LogP contribution in [0.1, 0.15) is 76.8 Å². The van der Waals surface area contributed by atoms with Gasteiger partial charge in [-0.25, -0.2) is 4.79 Å². The normalized spacial score (nSPS) is 21.9. The van der Waals surface area contributed by atoms with Gasteiger partial charge in [-0.3, -0.25) is 5.41 Å². The minimum absolute atomic E-state index is 0.0813. The summed E-state index contributed by atoms with van der Waals surface area (Å²) in [5.41, 5.74) is 4.41. The fourth-order valence-corrected chi connectivity index (χ4v) is 5.18. The Hall–Kier alpha value is -2.56. The van der Waals surface area contributed by atoms with Gasteiger partial charge in [0.1, 0.15) is 5.84 Å². The summed E-state index contributed by atoms with van der Waals surface area (Å²) in [4.78, 5) is 12.1. The van der Waals surface area contributed by atoms with Crippen molar-refractivity contribution in [3.05, 3.63) is 59.2 Å². The summed E-state index contributed by atoms with van der Waals surface area (Å²) in [6, 6.07) is 8.32. The van der Waals surface area contributed by atoms with Gasteiger partial charge in [0.25, 0.3) is 0 Å². The molecule has 33 heavy (non-hydrogen) atoms. The molecular weight excluding hydrogens is 408 g/mol. The van der Waals surface area contributed by atoms with E-state index in [-0.39, 0.29) is 11.6 Å². The van der Waals surface area contributed by atoms with Gasteiger partial charge in [-0.15, -0.1) is 0 Å². The van der Waals surface area contributed by atoms with Crippen LogP contribution in [0, 0.1) is 17.2 Å². The molecule has 1 saturated carbocycles. The number of amides is 2. The Morgan fingerprint density at radius 3 is 2.48 bits per heavy atom. The van der Waals surface area contributed by atoms with Gasteiger partial charge in [-0.1, -0.05) is 69.5 Å². The van der Waals surface area contributed by atoms with Crippen LogP contribution in [-0.2, 0) is 13.0 Å². The Bertz CT molecular complexity index is 864. The standard InChI is InChI=1S/C28H42N4O/c1-20(2)17-28(4)21(3)14-25(16-26(29)32-28)15-22-10-12-24(13-11-22)19-31-27(33)30-18-23-8-6-5-7-9-23/h10-13,16,20,23H,3,5-9,14-15,17-19H2,1-2,4H3,(H2,29,32)(H2,30,31,33). The van der Waals surface area contributed by atoms with E-state index < -0.39 is 0 Å². The molecule has 1 heterocycles. The average Bonchev–Trinajstić information content (AvgIpc) is 2.86. The van der Waals surface area contributed by atoms with Crippen LogP contribution in [-0.4, -0.2) is 24.0 Å². The van der Waals surface area contributed by atoms with Gasteiger partial charge in [-0.2, -0.15) is 0 Å². The number of nitrogens with one attached hydrogen (secondary N) is 4. The lowest BCUT2D eigenvalue weighted by Gasteiger charge is -2.34. The monoisotopic (exact) mass is 450 g/mol. The molecule has 0 aromatic heterocycles. The zero-order valence-electron chi connectivity index (χ0n) is 20.7. The Kier molecular flexibility index (Phi) is 8.76. The maximum absolute atomic E-state index is 12.1. The first-order valence-electron chi connectivity index (χ1n) is 12.6. The van der Waals surface area contributed by atoms with Crippen molar-refractivity contribution in [1.82, 2.24) is 16.0 Å². The van der Waals surface area contributed by atoms with Crippen molar-refractivity contribution in [3.8, 4) is 0 Å². The van der Waals surface area contributed by atoms with Crippen molar-refractivity contribution in [2.75, 3.05) is 6.54 Å². The lowest BCUT2D eigenvalue weighted by Crippen LogP contribution is -2.46. The van der Waals surface area contributed by atoms with Crippen LogP contribution in [0.2, 0.25) is 0 Å². The van der Waals surface area contributed by atoms with Crippen molar-refractivity contribution < 1.29 is 4.79 Å². The smallest absolute Gasteiger partial charge is 0.315 e. The van der Waals surface area contributed by atoms with Gasteiger partial charge in [0.2, 0.25) is 0 Å². The van der Waals surface area contributed by atoms with Gasteiger partial charge < -0.3 is 16.0 Å². The number of rotatable bonds is 8. The lowest BCUT2D eigenvalue weighted by molar-refractivity contribution is 0.236. The third-order valence-corrected chi connectivity index (χ3v) is 6.98. The minimum atomic E-state index is -0.239. The second-order valence-electron chi connectivity index (χ2n) is 10.6. The summed E-state index contributed by atoms with van der Waals surface area (Å²) in [7, 11) is 0. The first kappa shape index (κ1) is 25.1. The molecule has 0 spiro atoms. The second-order valence-corrected chi connectivity index (χ2v) is 10.6. The van der Waals surface area contributed by atoms with E-state index in [4.69, 9.17) is 5.41 Å². The van der Waals surface area contributed by atoms with Gasteiger partial charge in [-0.05, 0) is 73.6 Å². The molecule has 0 bridgehead atoms. The highest BCUT2D eigenvalue weighted by atomic mass is 16.2. The van der Waals surface area contributed by atoms with Crippen LogP contribution < -0.4 is 16.0 Å². The lowest BCUT2D eigenvalue weighted by atomic mass is 9.82. The molecule has 2 aliphatic rings. The predicted octanol–water partition coefficient (Wildman–Crippen LogP) is 5.87. The fourth-order valence-electron chi connectivity index (χ4n) is 5.18. The Morgan fingerprint density at radius 1 is 1.15 bits per heavy atom. The topological polar surface area (TPSA) is 77.0 Å². The molecule has 5 nitrogen and oxygen atoms in total. The summed E-state index contributed by atoms with van der Waals surface area (Å²) in [6.07, 6.45) is 10.9. The van der Waals surface area contributed by atoms with E-state index in [0.29, 0.717) is 24.2 Å². The van der Waals surface area contributed by atoms with Crippen LogP contribution in [0.25, 0.3) is 0 Å². The molecule has 1 aliphatic carbocycles. The van der Waals surface area contributed by atoms with Crippen LogP contribution in [0.5, 0.6) is 0 Å². The predicted molar refractivity (Wildman–Crippen MR) is 138 cm³/mol. The Labute approximate surface area is 200 Å². The van der Waals surface area contributed by atoms with Crippen LogP contribution in [0.4, 0.5) is 4.79 Å². The van der Waals surface area contributed by atoms with Crippen LogP contribution >= 0.6 is 0 Å². The first-order valence-corrected chi connectivity index (χ1v) is 12.6. The SMILES string of the molecule is C=C1CC(Cc2ccc(CNC(=O)NCC3CCCCC3)cc2)=CC(=N)NC1(C)CC(C)C. The van der Waals surface area contributed by atoms with E-state index in [2.05, 4.69) is 67.6 Å². The highest BCUT2D eigenvalue weighted by Crippen LogP contribution is 2.31. The fraction of sp³-hybridized carbons (Fsp3) is 0.571. The molecule has 4 N–H and O–H groups in total. The summed E-state index contributed by atoms with van der Waals surface area (Å²) in [6.45, 7) is 12.2.